The normalized spacial score (nSPS) is 21.3. The average Bonchev–Trinajstić information content (AvgIpc) is 2.85. The van der Waals surface area contributed by atoms with Crippen LogP contribution in [0.25, 0.3) is 0 Å². The molecule has 1 aromatic heterocycles. The van der Waals surface area contributed by atoms with Crippen LogP contribution in [0.4, 0.5) is 0 Å². The predicted octanol–water partition coefficient (Wildman–Crippen LogP) is 3.62. The summed E-state index contributed by atoms with van der Waals surface area (Å²) < 4.78 is 12.2. The van der Waals surface area contributed by atoms with Crippen LogP contribution in [0.15, 0.2) is 4.42 Å². The lowest BCUT2D eigenvalue weighted by Crippen LogP contribution is -2.49. The maximum atomic E-state index is 6.57. The number of rotatable bonds is 5. The molecule has 0 spiro atoms. The van der Waals surface area contributed by atoms with Crippen molar-refractivity contribution in [2.45, 2.75) is 77.7 Å². The van der Waals surface area contributed by atoms with Crippen LogP contribution in [-0.2, 0) is 17.4 Å². The predicted molar refractivity (Wildman–Crippen MR) is 90.3 cm³/mol. The molecule has 1 unspecified atom stereocenters. The summed E-state index contributed by atoms with van der Waals surface area (Å²) in [6, 6.07) is 0. The third kappa shape index (κ3) is 4.40. The van der Waals surface area contributed by atoms with Crippen LogP contribution in [0.2, 0.25) is 18.1 Å². The van der Waals surface area contributed by atoms with E-state index >= 15 is 0 Å². The summed E-state index contributed by atoms with van der Waals surface area (Å²) in [5.41, 5.74) is 0. The molecular formula is C16H31N3O2Si. The number of hydrogen-bond donors (Lipinski definition) is 0. The Labute approximate surface area is 135 Å². The molecule has 0 saturated carbocycles. The van der Waals surface area contributed by atoms with E-state index in [2.05, 4.69) is 49.0 Å². The quantitative estimate of drug-likeness (QED) is 0.774. The van der Waals surface area contributed by atoms with Gasteiger partial charge in [-0.3, -0.25) is 4.90 Å². The van der Waals surface area contributed by atoms with E-state index in [1.165, 1.54) is 6.42 Å². The zero-order chi connectivity index (χ0) is 16.4. The van der Waals surface area contributed by atoms with E-state index in [1.54, 1.807) is 0 Å². The average molecular weight is 326 g/mol. The minimum absolute atomic E-state index is 0.262. The minimum atomic E-state index is -1.69. The summed E-state index contributed by atoms with van der Waals surface area (Å²) in [7, 11) is -1.69. The largest absolute Gasteiger partial charge is 0.424 e. The minimum Gasteiger partial charge on any atom is -0.424 e. The van der Waals surface area contributed by atoms with Crippen LogP contribution in [0.5, 0.6) is 0 Å². The molecule has 1 atom stereocenters. The Morgan fingerprint density at radius 1 is 1.27 bits per heavy atom. The van der Waals surface area contributed by atoms with Gasteiger partial charge in [-0.05, 0) is 37.5 Å². The molecule has 1 fully saturated rings. The van der Waals surface area contributed by atoms with Crippen LogP contribution >= 0.6 is 0 Å². The summed E-state index contributed by atoms with van der Waals surface area (Å²) in [5.74, 6) is 1.45. The number of aromatic nitrogens is 2. The van der Waals surface area contributed by atoms with E-state index in [0.717, 1.165) is 44.3 Å². The molecule has 0 amide bonds. The first-order valence-corrected chi connectivity index (χ1v) is 11.3. The smallest absolute Gasteiger partial charge is 0.230 e. The molecule has 0 bridgehead atoms. The van der Waals surface area contributed by atoms with Gasteiger partial charge in [0.15, 0.2) is 8.32 Å². The molecule has 2 heterocycles. The summed E-state index contributed by atoms with van der Waals surface area (Å²) in [5, 5.41) is 8.43. The maximum Gasteiger partial charge on any atom is 0.230 e. The molecule has 0 aromatic carbocycles. The maximum absolute atomic E-state index is 6.57. The van der Waals surface area contributed by atoms with Crippen molar-refractivity contribution in [3.8, 4) is 0 Å². The standard InChI is InChI=1S/C16H31N3O2Si/c1-7-14-17-18-15(20-14)12-19-10-8-9-13(11-19)21-22(5,6)16(2,3)4/h13H,7-12H2,1-6H3. The second-order valence-corrected chi connectivity index (χ2v) is 12.6. The van der Waals surface area contributed by atoms with E-state index in [9.17, 15) is 0 Å². The molecule has 6 heteroatoms. The Balaban J connectivity index is 1.91. The van der Waals surface area contributed by atoms with E-state index in [4.69, 9.17) is 8.84 Å². The summed E-state index contributed by atoms with van der Waals surface area (Å²) >= 11 is 0. The van der Waals surface area contributed by atoms with Crippen molar-refractivity contribution in [3.05, 3.63) is 11.8 Å². The van der Waals surface area contributed by atoms with E-state index in [0.29, 0.717) is 6.10 Å². The van der Waals surface area contributed by atoms with Crippen molar-refractivity contribution >= 4 is 8.32 Å². The Bertz CT molecular complexity index is 482. The van der Waals surface area contributed by atoms with Crippen LogP contribution in [0, 0.1) is 0 Å². The fraction of sp³-hybridized carbons (Fsp3) is 0.875. The molecule has 0 radical (unpaired) electrons. The van der Waals surface area contributed by atoms with Crippen LogP contribution in [-0.4, -0.2) is 42.6 Å². The van der Waals surface area contributed by atoms with Crippen LogP contribution in [0.3, 0.4) is 0 Å². The zero-order valence-corrected chi connectivity index (χ0v) is 16.0. The van der Waals surface area contributed by atoms with Gasteiger partial charge in [-0.15, -0.1) is 10.2 Å². The summed E-state index contributed by atoms with van der Waals surface area (Å²) in [4.78, 5) is 2.38. The molecule has 0 N–H and O–H groups in total. The Morgan fingerprint density at radius 3 is 2.55 bits per heavy atom. The molecule has 1 saturated heterocycles. The van der Waals surface area contributed by atoms with Crippen LogP contribution < -0.4 is 0 Å². The van der Waals surface area contributed by atoms with Crippen molar-refractivity contribution < 1.29 is 8.84 Å². The highest BCUT2D eigenvalue weighted by Crippen LogP contribution is 2.38. The zero-order valence-electron chi connectivity index (χ0n) is 15.0. The monoisotopic (exact) mass is 325 g/mol. The third-order valence-corrected chi connectivity index (χ3v) is 9.43. The van der Waals surface area contributed by atoms with E-state index in [1.807, 2.05) is 6.92 Å². The second kappa shape index (κ2) is 6.80. The number of likely N-dealkylation sites (tertiary alicyclic amines) is 1. The highest BCUT2D eigenvalue weighted by atomic mass is 28.4. The van der Waals surface area contributed by atoms with Crippen molar-refractivity contribution in [2.75, 3.05) is 13.1 Å². The fourth-order valence-corrected chi connectivity index (χ4v) is 3.91. The fourth-order valence-electron chi connectivity index (χ4n) is 2.53. The van der Waals surface area contributed by atoms with Gasteiger partial charge in [0.1, 0.15) is 0 Å². The first kappa shape index (κ1) is 17.6. The molecule has 126 valence electrons. The number of hydrogen-bond acceptors (Lipinski definition) is 5. The van der Waals surface area contributed by atoms with Gasteiger partial charge in [0.25, 0.3) is 0 Å². The number of piperidine rings is 1. The van der Waals surface area contributed by atoms with Gasteiger partial charge in [-0.2, -0.15) is 0 Å². The molecule has 1 aliphatic heterocycles. The van der Waals surface area contributed by atoms with Crippen molar-refractivity contribution in [3.63, 3.8) is 0 Å². The van der Waals surface area contributed by atoms with Crippen LogP contribution in [0.1, 0.15) is 52.3 Å². The lowest BCUT2D eigenvalue weighted by molar-refractivity contribution is 0.0693. The first-order chi connectivity index (χ1) is 10.2. The van der Waals surface area contributed by atoms with Gasteiger partial charge >= 0.3 is 0 Å². The highest BCUT2D eigenvalue weighted by molar-refractivity contribution is 6.74. The van der Waals surface area contributed by atoms with Gasteiger partial charge in [-0.1, -0.05) is 27.7 Å². The SMILES string of the molecule is CCc1nnc(CN2CCCC(O[Si](C)(C)C(C)(C)C)C2)o1. The Hall–Kier alpha value is -0.723. The molecule has 22 heavy (non-hydrogen) atoms. The topological polar surface area (TPSA) is 51.4 Å². The molecule has 0 aliphatic carbocycles. The van der Waals surface area contributed by atoms with Crippen molar-refractivity contribution in [1.82, 2.24) is 15.1 Å². The Morgan fingerprint density at radius 2 is 1.95 bits per heavy atom. The van der Waals surface area contributed by atoms with Gasteiger partial charge in [-0.25, -0.2) is 0 Å². The van der Waals surface area contributed by atoms with E-state index < -0.39 is 8.32 Å². The lowest BCUT2D eigenvalue weighted by atomic mass is 10.1. The highest BCUT2D eigenvalue weighted by Gasteiger charge is 2.39. The summed E-state index contributed by atoms with van der Waals surface area (Å²) in [6.07, 6.45) is 3.47. The van der Waals surface area contributed by atoms with Gasteiger partial charge in [0.05, 0.1) is 12.6 Å². The molecule has 2 rings (SSSR count). The van der Waals surface area contributed by atoms with Gasteiger partial charge < -0.3 is 8.84 Å². The van der Waals surface area contributed by atoms with Crippen molar-refractivity contribution in [1.29, 1.82) is 0 Å². The molecular weight excluding hydrogens is 294 g/mol. The summed E-state index contributed by atoms with van der Waals surface area (Å²) in [6.45, 7) is 16.4. The molecule has 1 aromatic rings. The lowest BCUT2D eigenvalue weighted by Gasteiger charge is -2.42. The van der Waals surface area contributed by atoms with Crippen molar-refractivity contribution in [2.24, 2.45) is 0 Å². The van der Waals surface area contributed by atoms with Gasteiger partial charge in [0, 0.05) is 13.0 Å². The van der Waals surface area contributed by atoms with E-state index in [-0.39, 0.29) is 5.04 Å². The van der Waals surface area contributed by atoms with Gasteiger partial charge in [0.2, 0.25) is 11.8 Å². The number of aryl methyl sites for hydroxylation is 1. The molecule has 1 aliphatic rings. The second-order valence-electron chi connectivity index (χ2n) is 7.82. The Kier molecular flexibility index (Phi) is 5.45. The first-order valence-electron chi connectivity index (χ1n) is 8.42. The third-order valence-electron chi connectivity index (χ3n) is 4.90. The number of nitrogens with zero attached hydrogens (tertiary/aromatic N) is 3. The molecule has 5 nitrogen and oxygen atoms in total.